The molecule has 0 nitrogen and oxygen atoms in total. The van der Waals surface area contributed by atoms with E-state index in [0.717, 1.165) is 32.1 Å². The first-order valence-corrected chi connectivity index (χ1v) is 10.2. The van der Waals surface area contributed by atoms with E-state index in [2.05, 4.69) is 92.4 Å². The zero-order valence-electron chi connectivity index (χ0n) is 16.2. The summed E-state index contributed by atoms with van der Waals surface area (Å²) in [5.74, 6) is 0. The maximum atomic E-state index is 4.29. The van der Waals surface area contributed by atoms with E-state index in [1.54, 1.807) is 5.57 Å². The van der Waals surface area contributed by atoms with Crippen LogP contribution in [0.2, 0.25) is 0 Å². The van der Waals surface area contributed by atoms with Gasteiger partial charge in [-0.3, -0.25) is 0 Å². The van der Waals surface area contributed by atoms with Crippen LogP contribution in [-0.4, -0.2) is 0 Å². The SMILES string of the molecule is C=CC1=C(/C=C\CC)C2=C(CCC=C2)C1(C1=CC=CCC1)c1ccccc1. The number of hydrogen-bond donors (Lipinski definition) is 0. The lowest BCUT2D eigenvalue weighted by molar-refractivity contribution is 0.637. The van der Waals surface area contributed by atoms with Crippen molar-refractivity contribution in [2.24, 2.45) is 0 Å². The Morgan fingerprint density at radius 3 is 2.59 bits per heavy atom. The highest BCUT2D eigenvalue weighted by Gasteiger charge is 2.48. The fourth-order valence-electron chi connectivity index (χ4n) is 4.98. The third kappa shape index (κ3) is 2.75. The predicted octanol–water partition coefficient (Wildman–Crippen LogP) is 7.31. The first kappa shape index (κ1) is 17.8. The van der Waals surface area contributed by atoms with Crippen LogP contribution in [-0.2, 0) is 5.41 Å². The highest BCUT2D eigenvalue weighted by atomic mass is 14.5. The van der Waals surface area contributed by atoms with Gasteiger partial charge in [0.05, 0.1) is 5.41 Å². The second kappa shape index (κ2) is 7.56. The van der Waals surface area contributed by atoms with Crippen LogP contribution in [0.5, 0.6) is 0 Å². The fourth-order valence-corrected chi connectivity index (χ4v) is 4.98. The Kier molecular flexibility index (Phi) is 4.99. The van der Waals surface area contributed by atoms with Crippen LogP contribution in [0.15, 0.2) is 113 Å². The summed E-state index contributed by atoms with van der Waals surface area (Å²) in [7, 11) is 0. The molecule has 27 heavy (non-hydrogen) atoms. The summed E-state index contributed by atoms with van der Waals surface area (Å²) in [6.07, 6.45) is 23.8. The summed E-state index contributed by atoms with van der Waals surface area (Å²) in [6.45, 7) is 6.49. The number of benzene rings is 1. The van der Waals surface area contributed by atoms with Crippen LogP contribution >= 0.6 is 0 Å². The lowest BCUT2D eigenvalue weighted by atomic mass is 9.62. The summed E-state index contributed by atoms with van der Waals surface area (Å²) in [5, 5.41) is 0. The molecule has 0 saturated heterocycles. The molecule has 0 spiro atoms. The first-order valence-electron chi connectivity index (χ1n) is 10.2. The van der Waals surface area contributed by atoms with Gasteiger partial charge in [0.1, 0.15) is 0 Å². The van der Waals surface area contributed by atoms with Gasteiger partial charge in [-0.25, -0.2) is 0 Å². The monoisotopic (exact) mass is 352 g/mol. The molecule has 3 aliphatic carbocycles. The smallest absolute Gasteiger partial charge is 0.0639 e. The minimum absolute atomic E-state index is 0.165. The van der Waals surface area contributed by atoms with Crippen molar-refractivity contribution in [3.05, 3.63) is 119 Å². The molecule has 0 amide bonds. The molecule has 1 aromatic carbocycles. The largest absolute Gasteiger partial charge is 0.0987 e. The Bertz CT molecular complexity index is 912. The molecule has 0 aromatic heterocycles. The molecule has 0 saturated carbocycles. The molecule has 136 valence electrons. The Morgan fingerprint density at radius 2 is 1.89 bits per heavy atom. The molecule has 0 radical (unpaired) electrons. The summed E-state index contributed by atoms with van der Waals surface area (Å²) < 4.78 is 0. The minimum atomic E-state index is -0.165. The standard InChI is InChI=1S/C27H28/c1-3-5-18-23-24-19-12-13-20-26(24)27(25(23)4-2,21-14-8-6-9-15-21)22-16-10-7-11-17-22/h4-10,12,14-16,18-19H,2-3,11,13,17,20H2,1H3/b18-5-. The summed E-state index contributed by atoms with van der Waals surface area (Å²) in [6, 6.07) is 11.1. The van der Waals surface area contributed by atoms with E-state index in [0.29, 0.717) is 0 Å². The molecule has 0 heterocycles. The summed E-state index contributed by atoms with van der Waals surface area (Å²) in [4.78, 5) is 0. The van der Waals surface area contributed by atoms with Crippen molar-refractivity contribution in [1.29, 1.82) is 0 Å². The number of rotatable bonds is 5. The van der Waals surface area contributed by atoms with Crippen LogP contribution in [0.3, 0.4) is 0 Å². The van der Waals surface area contributed by atoms with Gasteiger partial charge < -0.3 is 0 Å². The van der Waals surface area contributed by atoms with E-state index in [4.69, 9.17) is 0 Å². The Labute approximate surface area is 163 Å². The van der Waals surface area contributed by atoms with Gasteiger partial charge in [-0.1, -0.05) is 98.0 Å². The quantitative estimate of drug-likeness (QED) is 0.521. The van der Waals surface area contributed by atoms with E-state index < -0.39 is 0 Å². The fraction of sp³-hybridized carbons (Fsp3) is 0.259. The van der Waals surface area contributed by atoms with E-state index >= 15 is 0 Å². The summed E-state index contributed by atoms with van der Waals surface area (Å²) in [5.41, 5.74) is 8.41. The van der Waals surface area contributed by atoms with Crippen LogP contribution in [0.1, 0.15) is 44.6 Å². The number of allylic oxidation sites excluding steroid dienone is 13. The van der Waals surface area contributed by atoms with Crippen molar-refractivity contribution in [2.75, 3.05) is 0 Å². The van der Waals surface area contributed by atoms with Crippen molar-refractivity contribution in [3.63, 3.8) is 0 Å². The van der Waals surface area contributed by atoms with Crippen molar-refractivity contribution in [3.8, 4) is 0 Å². The van der Waals surface area contributed by atoms with Gasteiger partial charge in [-0.2, -0.15) is 0 Å². The molecule has 3 aliphatic rings. The van der Waals surface area contributed by atoms with Crippen molar-refractivity contribution < 1.29 is 0 Å². The highest BCUT2D eigenvalue weighted by molar-refractivity contribution is 5.75. The van der Waals surface area contributed by atoms with Crippen molar-refractivity contribution in [2.45, 2.75) is 44.4 Å². The Hall–Kier alpha value is -2.60. The zero-order chi connectivity index (χ0) is 18.7. The average molecular weight is 353 g/mol. The maximum absolute atomic E-state index is 4.29. The third-order valence-electron chi connectivity index (χ3n) is 6.03. The molecular formula is C27H28. The van der Waals surface area contributed by atoms with Gasteiger partial charge in [0, 0.05) is 0 Å². The van der Waals surface area contributed by atoms with E-state index in [9.17, 15) is 0 Å². The minimum Gasteiger partial charge on any atom is -0.0987 e. The predicted molar refractivity (Wildman–Crippen MR) is 117 cm³/mol. The lowest BCUT2D eigenvalue weighted by Crippen LogP contribution is -2.32. The van der Waals surface area contributed by atoms with Crippen LogP contribution in [0.4, 0.5) is 0 Å². The van der Waals surface area contributed by atoms with E-state index in [-0.39, 0.29) is 5.41 Å². The third-order valence-corrected chi connectivity index (χ3v) is 6.03. The Balaban J connectivity index is 2.08. The maximum Gasteiger partial charge on any atom is 0.0639 e. The molecular weight excluding hydrogens is 324 g/mol. The number of hydrogen-bond acceptors (Lipinski definition) is 0. The van der Waals surface area contributed by atoms with Crippen molar-refractivity contribution >= 4 is 0 Å². The second-order valence-corrected chi connectivity index (χ2v) is 7.45. The average Bonchev–Trinajstić information content (AvgIpc) is 3.04. The molecule has 4 rings (SSSR count). The molecule has 1 atom stereocenters. The van der Waals surface area contributed by atoms with Gasteiger partial charge in [-0.15, -0.1) is 0 Å². The van der Waals surface area contributed by atoms with Gasteiger partial charge in [-0.05, 0) is 60.0 Å². The van der Waals surface area contributed by atoms with Gasteiger partial charge in [0.15, 0.2) is 0 Å². The molecule has 0 N–H and O–H groups in total. The van der Waals surface area contributed by atoms with Crippen LogP contribution < -0.4 is 0 Å². The Morgan fingerprint density at radius 1 is 1.07 bits per heavy atom. The zero-order valence-corrected chi connectivity index (χ0v) is 16.2. The topological polar surface area (TPSA) is 0 Å². The van der Waals surface area contributed by atoms with Crippen LogP contribution in [0, 0.1) is 0 Å². The van der Waals surface area contributed by atoms with E-state index in [1.165, 1.54) is 27.9 Å². The molecule has 0 bridgehead atoms. The highest BCUT2D eigenvalue weighted by Crippen LogP contribution is 2.58. The van der Waals surface area contributed by atoms with Crippen LogP contribution in [0.25, 0.3) is 0 Å². The molecule has 0 fully saturated rings. The lowest BCUT2D eigenvalue weighted by Gasteiger charge is -2.39. The van der Waals surface area contributed by atoms with Gasteiger partial charge in [0.2, 0.25) is 0 Å². The second-order valence-electron chi connectivity index (χ2n) is 7.45. The molecule has 0 aliphatic heterocycles. The molecule has 1 unspecified atom stereocenters. The van der Waals surface area contributed by atoms with Gasteiger partial charge in [0.25, 0.3) is 0 Å². The first-order chi connectivity index (χ1) is 13.3. The molecule has 0 heteroatoms. The van der Waals surface area contributed by atoms with Crippen molar-refractivity contribution in [1.82, 2.24) is 0 Å². The normalized spacial score (nSPS) is 24.6. The molecule has 1 aromatic rings. The van der Waals surface area contributed by atoms with E-state index in [1.807, 2.05) is 0 Å². The summed E-state index contributed by atoms with van der Waals surface area (Å²) >= 11 is 0. The van der Waals surface area contributed by atoms with Gasteiger partial charge >= 0.3 is 0 Å².